The van der Waals surface area contributed by atoms with E-state index in [1.165, 1.54) is 24.3 Å². The summed E-state index contributed by atoms with van der Waals surface area (Å²) >= 11 is 5.81. The molecule has 0 aliphatic carbocycles. The molecule has 1 aromatic carbocycles. The minimum Gasteiger partial charge on any atom is -0.379 e. The van der Waals surface area contributed by atoms with Crippen LogP contribution in [0.15, 0.2) is 29.2 Å². The number of rotatable bonds is 9. The van der Waals surface area contributed by atoms with E-state index in [9.17, 15) is 13.2 Å². The third-order valence-corrected chi connectivity index (χ3v) is 6.12. The second-order valence-electron chi connectivity index (χ2n) is 6.90. The van der Waals surface area contributed by atoms with Crippen LogP contribution in [0.25, 0.3) is 0 Å². The Morgan fingerprint density at radius 1 is 1.22 bits per heavy atom. The van der Waals surface area contributed by atoms with Gasteiger partial charge in [-0.05, 0) is 43.1 Å². The van der Waals surface area contributed by atoms with E-state index in [-0.39, 0.29) is 16.7 Å². The molecular weight excluding hydrogens is 390 g/mol. The molecule has 27 heavy (non-hydrogen) atoms. The van der Waals surface area contributed by atoms with Gasteiger partial charge >= 0.3 is 0 Å². The summed E-state index contributed by atoms with van der Waals surface area (Å²) in [6.07, 6.45) is 0.806. The number of hydrogen-bond donors (Lipinski definition) is 2. The molecule has 1 atom stereocenters. The zero-order chi connectivity index (χ0) is 19.9. The Hall–Kier alpha value is -1.19. The van der Waals surface area contributed by atoms with Crippen LogP contribution in [0.4, 0.5) is 0 Å². The Balaban J connectivity index is 1.87. The average molecular weight is 418 g/mol. The van der Waals surface area contributed by atoms with Crippen molar-refractivity contribution in [1.82, 2.24) is 14.9 Å². The fourth-order valence-electron chi connectivity index (χ4n) is 2.79. The number of amides is 1. The number of carbonyl (C=O) groups excluding carboxylic acids is 1. The van der Waals surface area contributed by atoms with Gasteiger partial charge in [-0.2, -0.15) is 4.72 Å². The number of carbonyl (C=O) groups is 1. The molecule has 1 saturated heterocycles. The number of morpholine rings is 1. The van der Waals surface area contributed by atoms with Gasteiger partial charge in [-0.15, -0.1) is 0 Å². The first-order valence-electron chi connectivity index (χ1n) is 9.15. The quantitative estimate of drug-likeness (QED) is 0.594. The first kappa shape index (κ1) is 22.1. The topological polar surface area (TPSA) is 87.7 Å². The number of nitrogens with one attached hydrogen (secondary N) is 2. The van der Waals surface area contributed by atoms with Crippen molar-refractivity contribution in [2.24, 2.45) is 5.92 Å². The lowest BCUT2D eigenvalue weighted by Gasteiger charge is -2.26. The van der Waals surface area contributed by atoms with Gasteiger partial charge in [0.2, 0.25) is 15.9 Å². The monoisotopic (exact) mass is 417 g/mol. The summed E-state index contributed by atoms with van der Waals surface area (Å²) in [7, 11) is -3.81. The molecular formula is C18H28ClN3O4S. The maximum Gasteiger partial charge on any atom is 0.241 e. The van der Waals surface area contributed by atoms with Crippen molar-refractivity contribution >= 4 is 27.5 Å². The van der Waals surface area contributed by atoms with E-state index >= 15 is 0 Å². The second-order valence-corrected chi connectivity index (χ2v) is 9.05. The molecule has 1 fully saturated rings. The summed E-state index contributed by atoms with van der Waals surface area (Å²) in [5, 5.41) is 3.29. The van der Waals surface area contributed by atoms with Gasteiger partial charge in [-0.25, -0.2) is 8.42 Å². The van der Waals surface area contributed by atoms with E-state index in [4.69, 9.17) is 16.3 Å². The Labute approximate surface area is 166 Å². The Kier molecular flexibility index (Phi) is 8.50. The molecule has 0 unspecified atom stereocenters. The summed E-state index contributed by atoms with van der Waals surface area (Å²) in [4.78, 5) is 14.9. The van der Waals surface area contributed by atoms with Crippen molar-refractivity contribution < 1.29 is 17.9 Å². The average Bonchev–Trinajstić information content (AvgIpc) is 2.64. The van der Waals surface area contributed by atoms with Gasteiger partial charge in [-0.3, -0.25) is 9.69 Å². The smallest absolute Gasteiger partial charge is 0.241 e. The molecule has 1 heterocycles. The van der Waals surface area contributed by atoms with Crippen molar-refractivity contribution in [3.05, 3.63) is 29.3 Å². The fourth-order valence-corrected chi connectivity index (χ4v) is 4.26. The molecule has 1 aromatic rings. The predicted octanol–water partition coefficient (Wildman–Crippen LogP) is 1.48. The van der Waals surface area contributed by atoms with Crippen molar-refractivity contribution in [3.8, 4) is 0 Å². The second kappa shape index (κ2) is 10.4. The van der Waals surface area contributed by atoms with Gasteiger partial charge in [0.1, 0.15) is 6.04 Å². The maximum absolute atomic E-state index is 12.5. The SMILES string of the molecule is CC(C)[C@@H](NS(=O)(=O)c1ccc(Cl)cc1)C(=O)NCCCN1CCOCC1. The molecule has 0 radical (unpaired) electrons. The van der Waals surface area contributed by atoms with E-state index in [0.717, 1.165) is 39.3 Å². The highest BCUT2D eigenvalue weighted by atomic mass is 35.5. The standard InChI is InChI=1S/C18H28ClN3O4S/c1-14(2)17(21-27(24,25)16-6-4-15(19)5-7-16)18(23)20-8-3-9-22-10-12-26-13-11-22/h4-7,14,17,21H,3,8-13H2,1-2H3,(H,20,23)/t17-/m1/s1. The molecule has 1 aliphatic rings. The van der Waals surface area contributed by atoms with Gasteiger partial charge in [0.05, 0.1) is 18.1 Å². The normalized spacial score (nSPS) is 17.0. The van der Waals surface area contributed by atoms with Crippen LogP contribution in [0.5, 0.6) is 0 Å². The van der Waals surface area contributed by atoms with Gasteiger partial charge in [-0.1, -0.05) is 25.4 Å². The van der Waals surface area contributed by atoms with Gasteiger partial charge in [0.25, 0.3) is 0 Å². The minimum absolute atomic E-state index is 0.0812. The molecule has 0 spiro atoms. The Bertz CT molecular complexity index is 704. The summed E-state index contributed by atoms with van der Waals surface area (Å²) in [6.45, 7) is 8.30. The molecule has 1 amide bonds. The number of nitrogens with zero attached hydrogens (tertiary/aromatic N) is 1. The summed E-state index contributed by atoms with van der Waals surface area (Å²) in [6, 6.07) is 5.01. The maximum atomic E-state index is 12.5. The highest BCUT2D eigenvalue weighted by Gasteiger charge is 2.28. The van der Waals surface area contributed by atoms with Crippen LogP contribution in [-0.4, -0.2) is 64.7 Å². The zero-order valence-electron chi connectivity index (χ0n) is 15.8. The van der Waals surface area contributed by atoms with Crippen molar-refractivity contribution in [2.75, 3.05) is 39.4 Å². The predicted molar refractivity (Wildman–Crippen MR) is 105 cm³/mol. The number of halogens is 1. The van der Waals surface area contributed by atoms with E-state index in [2.05, 4.69) is 14.9 Å². The van der Waals surface area contributed by atoms with Crippen LogP contribution >= 0.6 is 11.6 Å². The largest absolute Gasteiger partial charge is 0.379 e. The highest BCUT2D eigenvalue weighted by Crippen LogP contribution is 2.15. The van der Waals surface area contributed by atoms with E-state index < -0.39 is 16.1 Å². The lowest BCUT2D eigenvalue weighted by atomic mass is 10.1. The van der Waals surface area contributed by atoms with Gasteiger partial charge < -0.3 is 10.1 Å². The van der Waals surface area contributed by atoms with Crippen LogP contribution in [0.2, 0.25) is 5.02 Å². The Morgan fingerprint density at radius 3 is 2.44 bits per heavy atom. The summed E-state index contributed by atoms with van der Waals surface area (Å²) in [5.74, 6) is -0.504. The van der Waals surface area contributed by atoms with E-state index in [0.29, 0.717) is 11.6 Å². The molecule has 152 valence electrons. The van der Waals surface area contributed by atoms with Crippen molar-refractivity contribution in [2.45, 2.75) is 31.2 Å². The minimum atomic E-state index is -3.81. The highest BCUT2D eigenvalue weighted by molar-refractivity contribution is 7.89. The summed E-state index contributed by atoms with van der Waals surface area (Å²) < 4.78 is 32.9. The third-order valence-electron chi connectivity index (χ3n) is 4.41. The lowest BCUT2D eigenvalue weighted by Crippen LogP contribution is -2.50. The molecule has 0 bridgehead atoms. The van der Waals surface area contributed by atoms with Crippen LogP contribution in [0.1, 0.15) is 20.3 Å². The Morgan fingerprint density at radius 2 is 1.85 bits per heavy atom. The number of ether oxygens (including phenoxy) is 1. The van der Waals surface area contributed by atoms with E-state index in [1.54, 1.807) is 0 Å². The van der Waals surface area contributed by atoms with Gasteiger partial charge in [0, 0.05) is 24.7 Å². The van der Waals surface area contributed by atoms with Crippen molar-refractivity contribution in [3.63, 3.8) is 0 Å². The van der Waals surface area contributed by atoms with E-state index in [1.807, 2.05) is 13.8 Å². The molecule has 0 saturated carbocycles. The number of sulfonamides is 1. The molecule has 0 aromatic heterocycles. The third kappa shape index (κ3) is 7.04. The van der Waals surface area contributed by atoms with Crippen LogP contribution in [0.3, 0.4) is 0 Å². The first-order valence-corrected chi connectivity index (χ1v) is 11.0. The molecule has 9 heteroatoms. The fraction of sp³-hybridized carbons (Fsp3) is 0.611. The van der Waals surface area contributed by atoms with Crippen molar-refractivity contribution in [1.29, 1.82) is 0 Å². The lowest BCUT2D eigenvalue weighted by molar-refractivity contribution is -0.123. The van der Waals surface area contributed by atoms with Crippen LogP contribution in [-0.2, 0) is 19.6 Å². The van der Waals surface area contributed by atoms with Gasteiger partial charge in [0.15, 0.2) is 0 Å². The molecule has 1 aliphatic heterocycles. The summed E-state index contributed by atoms with van der Waals surface area (Å²) in [5.41, 5.74) is 0. The van der Waals surface area contributed by atoms with Crippen LogP contribution in [0, 0.1) is 5.92 Å². The number of benzene rings is 1. The number of hydrogen-bond acceptors (Lipinski definition) is 5. The molecule has 2 rings (SSSR count). The molecule has 2 N–H and O–H groups in total. The zero-order valence-corrected chi connectivity index (χ0v) is 17.4. The molecule has 7 nitrogen and oxygen atoms in total. The first-order chi connectivity index (χ1) is 12.8. The van der Waals surface area contributed by atoms with Crippen LogP contribution < -0.4 is 10.0 Å².